The molecule has 1 atom stereocenters. The maximum absolute atomic E-state index is 12.7. The molecule has 1 aliphatic heterocycles. The number of nitrogens with zero attached hydrogens (tertiary/aromatic N) is 4. The smallest absolute Gasteiger partial charge is 0.435 e. The molecule has 198 valence electrons. The number of nitrogens with one attached hydrogen (secondary N) is 2. The lowest BCUT2D eigenvalue weighted by atomic mass is 10.2. The Morgan fingerprint density at radius 3 is 2.50 bits per heavy atom. The minimum absolute atomic E-state index is 0.0208. The van der Waals surface area contributed by atoms with Gasteiger partial charge in [-0.05, 0) is 57.7 Å². The Kier molecular flexibility index (Phi) is 10.9. The molecule has 1 aromatic carbocycles. The Morgan fingerprint density at radius 2 is 1.86 bits per heavy atom. The first kappa shape index (κ1) is 28.4. The van der Waals surface area contributed by atoms with Crippen LogP contribution in [0.15, 0.2) is 29.4 Å². The van der Waals surface area contributed by atoms with Crippen molar-refractivity contribution < 1.29 is 28.8 Å². The summed E-state index contributed by atoms with van der Waals surface area (Å²) in [6.45, 7) is 1.90. The van der Waals surface area contributed by atoms with Gasteiger partial charge in [0, 0.05) is 37.9 Å². The average Bonchev–Trinajstić information content (AvgIpc) is 3.21. The fraction of sp³-hybridized carbons (Fsp3) is 0.522. The van der Waals surface area contributed by atoms with Gasteiger partial charge < -0.3 is 35.8 Å². The average molecular weight is 506 g/mol. The summed E-state index contributed by atoms with van der Waals surface area (Å²) in [6, 6.07) is 5.51. The van der Waals surface area contributed by atoms with E-state index < -0.39 is 24.1 Å². The number of methoxy groups -OCH3 is 1. The number of benzene rings is 1. The minimum atomic E-state index is -0.677. The molecule has 1 heterocycles. The fourth-order valence-corrected chi connectivity index (χ4v) is 3.40. The molecule has 1 aliphatic rings. The van der Waals surface area contributed by atoms with Crippen LogP contribution in [0.1, 0.15) is 24.8 Å². The molecule has 4 N–H and O–H groups in total. The Hall–Kier alpha value is -3.87. The lowest BCUT2D eigenvalue weighted by Gasteiger charge is -2.18. The van der Waals surface area contributed by atoms with E-state index in [1.807, 2.05) is 19.0 Å². The van der Waals surface area contributed by atoms with Gasteiger partial charge in [0.2, 0.25) is 5.91 Å². The Bertz CT molecular complexity index is 951. The molecule has 1 aromatic rings. The second-order valence-corrected chi connectivity index (χ2v) is 8.52. The van der Waals surface area contributed by atoms with Gasteiger partial charge in [0.1, 0.15) is 6.04 Å². The SMILES string of the molecule is COC(=O)CCNC(=O)N[C@H]1CCN(c2ccc(C(N)=NOC(=O)N(C)CCCN(C)C)cc2)C1=O. The molecule has 1 fully saturated rings. The van der Waals surface area contributed by atoms with E-state index in [1.54, 1.807) is 36.2 Å². The number of nitrogens with two attached hydrogens (primary N) is 1. The molecule has 0 saturated carbocycles. The number of carbonyl (C=O) groups excluding carboxylic acids is 4. The van der Waals surface area contributed by atoms with Gasteiger partial charge in [-0.25, -0.2) is 9.59 Å². The van der Waals surface area contributed by atoms with Crippen molar-refractivity contribution in [3.8, 4) is 0 Å². The highest BCUT2D eigenvalue weighted by Crippen LogP contribution is 2.22. The van der Waals surface area contributed by atoms with Crippen LogP contribution in [0.25, 0.3) is 0 Å². The van der Waals surface area contributed by atoms with Crippen molar-refractivity contribution in [3.63, 3.8) is 0 Å². The summed E-state index contributed by atoms with van der Waals surface area (Å²) in [5.74, 6) is -0.667. The predicted molar refractivity (Wildman–Crippen MR) is 133 cm³/mol. The van der Waals surface area contributed by atoms with Crippen molar-refractivity contribution >= 4 is 35.5 Å². The van der Waals surface area contributed by atoms with Crippen LogP contribution in [0.2, 0.25) is 0 Å². The second kappa shape index (κ2) is 13.9. The topological polar surface area (TPSA) is 159 Å². The van der Waals surface area contributed by atoms with Crippen LogP contribution in [0.4, 0.5) is 15.3 Å². The Labute approximate surface area is 210 Å². The summed E-state index contributed by atoms with van der Waals surface area (Å²) in [4.78, 5) is 57.8. The van der Waals surface area contributed by atoms with E-state index in [1.165, 1.54) is 12.0 Å². The van der Waals surface area contributed by atoms with Crippen molar-refractivity contribution in [1.82, 2.24) is 20.4 Å². The molecule has 1 saturated heterocycles. The first-order valence-electron chi connectivity index (χ1n) is 11.6. The lowest BCUT2D eigenvalue weighted by Crippen LogP contribution is -2.46. The molecular formula is C23H35N7O6. The third-order valence-electron chi connectivity index (χ3n) is 5.46. The zero-order chi connectivity index (χ0) is 26.7. The normalized spacial score (nSPS) is 15.6. The van der Waals surface area contributed by atoms with E-state index in [0.717, 1.165) is 13.0 Å². The summed E-state index contributed by atoms with van der Waals surface area (Å²) in [7, 11) is 6.81. The maximum Gasteiger partial charge on any atom is 0.435 e. The first-order chi connectivity index (χ1) is 17.1. The van der Waals surface area contributed by atoms with Crippen molar-refractivity contribution in [1.29, 1.82) is 0 Å². The molecule has 0 radical (unpaired) electrons. The third-order valence-corrected chi connectivity index (χ3v) is 5.46. The van der Waals surface area contributed by atoms with E-state index in [2.05, 4.69) is 20.5 Å². The summed E-state index contributed by atoms with van der Waals surface area (Å²) in [6.07, 6.45) is 0.668. The number of anilines is 1. The second-order valence-electron chi connectivity index (χ2n) is 8.52. The number of hydrogen-bond acceptors (Lipinski definition) is 8. The van der Waals surface area contributed by atoms with Crippen molar-refractivity contribution in [2.24, 2.45) is 10.9 Å². The maximum atomic E-state index is 12.7. The molecule has 0 spiro atoms. The molecular weight excluding hydrogens is 470 g/mol. The molecule has 36 heavy (non-hydrogen) atoms. The molecule has 0 bridgehead atoms. The van der Waals surface area contributed by atoms with Crippen LogP contribution in [0.5, 0.6) is 0 Å². The molecule has 2 rings (SSSR count). The largest absolute Gasteiger partial charge is 0.469 e. The number of ether oxygens (including phenoxy) is 1. The van der Waals surface area contributed by atoms with Gasteiger partial charge in [0.05, 0.1) is 13.5 Å². The zero-order valence-corrected chi connectivity index (χ0v) is 21.2. The standard InChI is InChI=1S/C23H35N7O6/c1-28(2)13-5-14-29(3)23(34)36-27-20(24)16-6-8-17(9-7-16)30-15-11-18(21(30)32)26-22(33)25-12-10-19(31)35-4/h6-9,18H,5,10-15H2,1-4H3,(H2,24,27)(H2,25,26,33)/t18-/m0/s1. The van der Waals surface area contributed by atoms with Crippen LogP contribution in [0.3, 0.4) is 0 Å². The quantitative estimate of drug-likeness (QED) is 0.127. The Balaban J connectivity index is 1.85. The van der Waals surface area contributed by atoms with Crippen molar-refractivity contribution in [2.75, 3.05) is 59.3 Å². The summed E-state index contributed by atoms with van der Waals surface area (Å²) >= 11 is 0. The molecule has 0 unspecified atom stereocenters. The van der Waals surface area contributed by atoms with Crippen molar-refractivity contribution in [2.45, 2.75) is 25.3 Å². The van der Waals surface area contributed by atoms with Crippen LogP contribution in [-0.2, 0) is 19.2 Å². The van der Waals surface area contributed by atoms with Crippen LogP contribution in [-0.4, -0.2) is 100 Å². The monoisotopic (exact) mass is 505 g/mol. The Morgan fingerprint density at radius 1 is 1.17 bits per heavy atom. The van der Waals surface area contributed by atoms with E-state index in [9.17, 15) is 19.2 Å². The van der Waals surface area contributed by atoms with E-state index in [4.69, 9.17) is 10.6 Å². The zero-order valence-electron chi connectivity index (χ0n) is 21.2. The van der Waals surface area contributed by atoms with E-state index in [0.29, 0.717) is 30.8 Å². The van der Waals surface area contributed by atoms with Gasteiger partial charge in [-0.15, -0.1) is 0 Å². The van der Waals surface area contributed by atoms with Gasteiger partial charge in [-0.2, -0.15) is 0 Å². The lowest BCUT2D eigenvalue weighted by molar-refractivity contribution is -0.140. The van der Waals surface area contributed by atoms with Gasteiger partial charge in [0.25, 0.3) is 0 Å². The minimum Gasteiger partial charge on any atom is -0.469 e. The molecule has 0 aliphatic carbocycles. The van der Waals surface area contributed by atoms with Gasteiger partial charge in [0.15, 0.2) is 5.84 Å². The first-order valence-corrected chi connectivity index (χ1v) is 11.6. The third kappa shape index (κ3) is 8.73. The van der Waals surface area contributed by atoms with Crippen molar-refractivity contribution in [3.05, 3.63) is 29.8 Å². The fourth-order valence-electron chi connectivity index (χ4n) is 3.40. The molecule has 4 amide bonds. The number of amides is 4. The highest BCUT2D eigenvalue weighted by atomic mass is 16.7. The molecule has 0 aromatic heterocycles. The van der Waals surface area contributed by atoms with E-state index in [-0.39, 0.29) is 24.7 Å². The highest BCUT2D eigenvalue weighted by Gasteiger charge is 2.33. The summed E-state index contributed by atoms with van der Waals surface area (Å²) in [5, 5.41) is 8.85. The number of urea groups is 1. The van der Waals surface area contributed by atoms with Crippen LogP contribution < -0.4 is 21.3 Å². The van der Waals surface area contributed by atoms with E-state index >= 15 is 0 Å². The number of rotatable bonds is 11. The molecule has 13 heteroatoms. The van der Waals surface area contributed by atoms with Crippen LogP contribution >= 0.6 is 0 Å². The number of esters is 1. The number of carbonyl (C=O) groups is 4. The molecule has 13 nitrogen and oxygen atoms in total. The van der Waals surface area contributed by atoms with Gasteiger partial charge in [-0.3, -0.25) is 14.4 Å². The predicted octanol–water partition coefficient (Wildman–Crippen LogP) is 0.295. The van der Waals surface area contributed by atoms with Gasteiger partial charge >= 0.3 is 18.1 Å². The van der Waals surface area contributed by atoms with Crippen LogP contribution in [0, 0.1) is 0 Å². The van der Waals surface area contributed by atoms with Gasteiger partial charge in [-0.1, -0.05) is 5.16 Å². The number of amidine groups is 1. The summed E-state index contributed by atoms with van der Waals surface area (Å²) in [5.41, 5.74) is 7.09. The number of hydrogen-bond donors (Lipinski definition) is 3. The summed E-state index contributed by atoms with van der Waals surface area (Å²) < 4.78 is 4.51. The number of oxime groups is 1. The highest BCUT2D eigenvalue weighted by molar-refractivity contribution is 6.02.